The first-order valence-corrected chi connectivity index (χ1v) is 14.5. The molecule has 12 nitrogen and oxygen atoms in total. The van der Waals surface area contributed by atoms with Crippen LogP contribution in [-0.2, 0) is 38.1 Å². The minimum atomic E-state index is -1.04. The molecule has 0 saturated heterocycles. The number of fused-ring (bicyclic) bond motifs is 2. The van der Waals surface area contributed by atoms with Crippen molar-refractivity contribution in [2.75, 3.05) is 0 Å². The lowest BCUT2D eigenvalue weighted by Crippen LogP contribution is -2.23. The zero-order valence-corrected chi connectivity index (χ0v) is 26.8. The van der Waals surface area contributed by atoms with Crippen LogP contribution in [-0.4, -0.2) is 70.1 Å². The standard InChI is InChI=1S/C34H36O12/c1-15(2)43-25(35)13-23(33(41)45-17(5)6)19-9-11-21-27(30(19)38)32(40)28-22(29(21)37)12-10-20(31(28)39)24(34(42)46-18(7)8)14-26(36)44-16(3)4/h9-18,38-39H,1-8H3/b23-13-,24-14+. The Morgan fingerprint density at radius 2 is 0.870 bits per heavy atom. The van der Waals surface area contributed by atoms with Gasteiger partial charge in [0.2, 0.25) is 5.78 Å². The number of aromatic hydroxyl groups is 2. The second-order valence-corrected chi connectivity index (χ2v) is 11.4. The van der Waals surface area contributed by atoms with Gasteiger partial charge in [-0.3, -0.25) is 9.59 Å². The van der Waals surface area contributed by atoms with Gasteiger partial charge in [-0.2, -0.15) is 0 Å². The molecule has 46 heavy (non-hydrogen) atoms. The monoisotopic (exact) mass is 636 g/mol. The topological polar surface area (TPSA) is 180 Å². The first kappa shape index (κ1) is 35.2. The fraction of sp³-hybridized carbons (Fsp3) is 0.353. The molecule has 3 rings (SSSR count). The maximum atomic E-state index is 13.9. The van der Waals surface area contributed by atoms with E-state index in [9.17, 15) is 39.0 Å². The first-order valence-electron chi connectivity index (χ1n) is 14.5. The van der Waals surface area contributed by atoms with Gasteiger partial charge in [0.15, 0.2) is 5.78 Å². The van der Waals surface area contributed by atoms with Gasteiger partial charge in [0.05, 0.1) is 46.7 Å². The average Bonchev–Trinajstić information content (AvgIpc) is 2.92. The van der Waals surface area contributed by atoms with Gasteiger partial charge in [-0.15, -0.1) is 0 Å². The number of esters is 4. The summed E-state index contributed by atoms with van der Waals surface area (Å²) in [5.74, 6) is -7.38. The molecule has 0 radical (unpaired) electrons. The predicted molar refractivity (Wildman–Crippen MR) is 164 cm³/mol. The summed E-state index contributed by atoms with van der Waals surface area (Å²) in [7, 11) is 0. The molecule has 244 valence electrons. The molecule has 0 amide bonds. The highest BCUT2D eigenvalue weighted by Crippen LogP contribution is 2.42. The van der Waals surface area contributed by atoms with Crippen LogP contribution in [0.4, 0.5) is 0 Å². The van der Waals surface area contributed by atoms with Crippen LogP contribution in [0.2, 0.25) is 0 Å². The summed E-state index contributed by atoms with van der Waals surface area (Å²) in [6.45, 7) is 12.6. The molecule has 1 aliphatic rings. The van der Waals surface area contributed by atoms with Gasteiger partial charge in [-0.25, -0.2) is 19.2 Å². The summed E-state index contributed by atoms with van der Waals surface area (Å²) in [4.78, 5) is 78.5. The number of benzene rings is 2. The van der Waals surface area contributed by atoms with E-state index in [1.807, 2.05) is 0 Å². The molecule has 0 heterocycles. The van der Waals surface area contributed by atoms with Crippen LogP contribution in [0.5, 0.6) is 11.5 Å². The Bertz CT molecular complexity index is 1550. The van der Waals surface area contributed by atoms with Gasteiger partial charge in [-0.05, 0) is 79.7 Å². The third-order valence-corrected chi connectivity index (χ3v) is 6.23. The lowest BCUT2D eigenvalue weighted by atomic mass is 9.80. The third kappa shape index (κ3) is 7.68. The van der Waals surface area contributed by atoms with Crippen molar-refractivity contribution < 1.29 is 57.9 Å². The van der Waals surface area contributed by atoms with Crippen molar-refractivity contribution in [2.45, 2.75) is 79.8 Å². The number of hydrogen-bond donors (Lipinski definition) is 2. The summed E-state index contributed by atoms with van der Waals surface area (Å²) < 4.78 is 20.7. The molecule has 2 aromatic carbocycles. The maximum absolute atomic E-state index is 13.9. The van der Waals surface area contributed by atoms with Crippen LogP contribution in [0.25, 0.3) is 11.1 Å². The van der Waals surface area contributed by atoms with Gasteiger partial charge < -0.3 is 29.2 Å². The fourth-order valence-corrected chi connectivity index (χ4v) is 4.54. The number of rotatable bonds is 10. The molecule has 0 saturated carbocycles. The molecular weight excluding hydrogens is 600 g/mol. The number of carbonyl (C=O) groups excluding carboxylic acids is 6. The maximum Gasteiger partial charge on any atom is 0.339 e. The number of phenolic OH excluding ortho intramolecular Hbond substituents is 2. The van der Waals surface area contributed by atoms with E-state index >= 15 is 0 Å². The van der Waals surface area contributed by atoms with E-state index in [4.69, 9.17) is 18.9 Å². The highest BCUT2D eigenvalue weighted by molar-refractivity contribution is 6.32. The van der Waals surface area contributed by atoms with Gasteiger partial charge in [0, 0.05) is 34.4 Å². The van der Waals surface area contributed by atoms with Crippen molar-refractivity contribution >= 4 is 46.6 Å². The lowest BCUT2D eigenvalue weighted by molar-refractivity contribution is -0.143. The number of phenols is 2. The molecule has 0 spiro atoms. The highest BCUT2D eigenvalue weighted by atomic mass is 16.6. The summed E-state index contributed by atoms with van der Waals surface area (Å²) in [5, 5.41) is 22.7. The number of carbonyl (C=O) groups is 6. The summed E-state index contributed by atoms with van der Waals surface area (Å²) >= 11 is 0. The third-order valence-electron chi connectivity index (χ3n) is 6.23. The zero-order chi connectivity index (χ0) is 34.6. The molecule has 0 fully saturated rings. The van der Waals surface area contributed by atoms with E-state index < -0.39 is 93.6 Å². The molecule has 0 aliphatic heterocycles. The molecule has 0 aromatic heterocycles. The van der Waals surface area contributed by atoms with Gasteiger partial charge >= 0.3 is 23.9 Å². The van der Waals surface area contributed by atoms with E-state index in [0.717, 1.165) is 12.2 Å². The van der Waals surface area contributed by atoms with Crippen LogP contribution in [0.3, 0.4) is 0 Å². The Labute approximate surface area is 265 Å². The quantitative estimate of drug-likeness (QED) is 0.182. The Kier molecular flexibility index (Phi) is 10.9. The second-order valence-electron chi connectivity index (χ2n) is 11.4. The number of ketones is 2. The summed E-state index contributed by atoms with van der Waals surface area (Å²) in [6, 6.07) is 4.74. The van der Waals surface area contributed by atoms with Crippen molar-refractivity contribution in [3.63, 3.8) is 0 Å². The molecule has 2 aromatic rings. The van der Waals surface area contributed by atoms with Crippen LogP contribution in [0, 0.1) is 0 Å². The molecule has 0 unspecified atom stereocenters. The minimum absolute atomic E-state index is 0.247. The molecular formula is C34H36O12. The van der Waals surface area contributed by atoms with Crippen LogP contribution in [0.15, 0.2) is 36.4 Å². The summed E-state index contributed by atoms with van der Waals surface area (Å²) in [5.41, 5.74) is -3.17. The molecule has 0 bridgehead atoms. The van der Waals surface area contributed by atoms with E-state index in [1.54, 1.807) is 55.4 Å². The number of ether oxygens (including phenoxy) is 4. The SMILES string of the molecule is CC(C)OC(=O)/C=C(\C(=O)OC(C)C)c1ccc2c(c1O)C(=O)c1c(ccc(/C(=C\C(=O)OC(C)C)C(=O)OC(C)C)c1O)C2=O. The Balaban J connectivity index is 2.25. The minimum Gasteiger partial charge on any atom is -0.506 e. The van der Waals surface area contributed by atoms with Crippen molar-refractivity contribution in [1.82, 2.24) is 0 Å². The van der Waals surface area contributed by atoms with Crippen molar-refractivity contribution in [3.8, 4) is 11.5 Å². The summed E-state index contributed by atoms with van der Waals surface area (Å²) in [6.07, 6.45) is -0.716. The van der Waals surface area contributed by atoms with Gasteiger partial charge in [-0.1, -0.05) is 0 Å². The van der Waals surface area contributed by atoms with E-state index in [-0.39, 0.29) is 22.3 Å². The Morgan fingerprint density at radius 3 is 1.17 bits per heavy atom. The van der Waals surface area contributed by atoms with Gasteiger partial charge in [0.25, 0.3) is 0 Å². The molecule has 2 N–H and O–H groups in total. The first-order chi connectivity index (χ1) is 21.4. The number of hydrogen-bond acceptors (Lipinski definition) is 12. The van der Waals surface area contributed by atoms with Crippen molar-refractivity contribution in [3.05, 3.63) is 69.8 Å². The Hall–Kier alpha value is -5.26. The van der Waals surface area contributed by atoms with Crippen LogP contribution >= 0.6 is 0 Å². The second kappa shape index (κ2) is 14.2. The van der Waals surface area contributed by atoms with Crippen LogP contribution in [0.1, 0.15) is 98.4 Å². The smallest absolute Gasteiger partial charge is 0.339 e. The zero-order valence-electron chi connectivity index (χ0n) is 26.8. The predicted octanol–water partition coefficient (Wildman–Crippen LogP) is 4.45. The van der Waals surface area contributed by atoms with E-state index in [2.05, 4.69) is 0 Å². The van der Waals surface area contributed by atoms with Gasteiger partial charge in [0.1, 0.15) is 11.5 Å². The van der Waals surface area contributed by atoms with E-state index in [0.29, 0.717) is 0 Å². The fourth-order valence-electron chi connectivity index (χ4n) is 4.54. The average molecular weight is 637 g/mol. The normalized spacial score (nSPS) is 13.1. The molecule has 0 atom stereocenters. The van der Waals surface area contributed by atoms with E-state index in [1.165, 1.54) is 24.3 Å². The van der Waals surface area contributed by atoms with Crippen molar-refractivity contribution in [2.24, 2.45) is 0 Å². The largest absolute Gasteiger partial charge is 0.506 e. The van der Waals surface area contributed by atoms with Crippen molar-refractivity contribution in [1.29, 1.82) is 0 Å². The highest BCUT2D eigenvalue weighted by Gasteiger charge is 2.38. The van der Waals surface area contributed by atoms with Crippen LogP contribution < -0.4 is 0 Å². The molecule has 12 heteroatoms. The Morgan fingerprint density at radius 1 is 0.543 bits per heavy atom. The lowest BCUT2D eigenvalue weighted by Gasteiger charge is -2.23. The molecule has 1 aliphatic carbocycles.